The fourth-order valence-corrected chi connectivity index (χ4v) is 4.34. The molecule has 2 rings (SSSR count). The molecule has 0 aromatic heterocycles. The van der Waals surface area contributed by atoms with Gasteiger partial charge in [0.05, 0.1) is 10.8 Å². The van der Waals surface area contributed by atoms with E-state index >= 15 is 0 Å². The van der Waals surface area contributed by atoms with Crippen molar-refractivity contribution in [1.82, 2.24) is 5.32 Å². The summed E-state index contributed by atoms with van der Waals surface area (Å²) in [5.41, 5.74) is 1.15. The maximum Gasteiger partial charge on any atom is 0.0532 e. The highest BCUT2D eigenvalue weighted by Gasteiger charge is 2.26. The lowest BCUT2D eigenvalue weighted by molar-refractivity contribution is 0.416. The molecule has 1 aliphatic carbocycles. The molecule has 0 aliphatic heterocycles. The molecule has 0 saturated heterocycles. The summed E-state index contributed by atoms with van der Waals surface area (Å²) in [7, 11) is 1.21. The Balaban J connectivity index is 1.91. The smallest absolute Gasteiger partial charge is 0.0532 e. The number of nitrogens with one attached hydrogen (secondary N) is 1. The zero-order valence-corrected chi connectivity index (χ0v) is 12.1. The lowest BCUT2D eigenvalue weighted by Crippen LogP contribution is -2.29. The van der Waals surface area contributed by atoms with Crippen LogP contribution < -0.4 is 5.32 Å². The number of rotatable bonds is 5. The average Bonchev–Trinajstić information content (AvgIpc) is 2.84. The van der Waals surface area contributed by atoms with E-state index in [1.165, 1.54) is 19.3 Å². The highest BCUT2D eigenvalue weighted by molar-refractivity contribution is 7.85. The van der Waals surface area contributed by atoms with Crippen molar-refractivity contribution in [2.45, 2.75) is 43.5 Å². The molecule has 2 nitrogen and oxygen atoms in total. The van der Waals surface area contributed by atoms with Crippen LogP contribution in [-0.2, 0) is 10.8 Å². The van der Waals surface area contributed by atoms with Crippen molar-refractivity contribution in [3.05, 3.63) is 29.8 Å². The van der Waals surface area contributed by atoms with Gasteiger partial charge in [-0.3, -0.25) is 4.21 Å². The van der Waals surface area contributed by atoms with Gasteiger partial charge >= 0.3 is 0 Å². The predicted octanol–water partition coefficient (Wildman–Crippen LogP) is 2.88. The Kier molecular flexibility index (Phi) is 4.95. The molecule has 1 fully saturated rings. The first kappa shape index (κ1) is 13.8. The van der Waals surface area contributed by atoms with Crippen LogP contribution in [0.4, 0.5) is 0 Å². The topological polar surface area (TPSA) is 29.1 Å². The Morgan fingerprint density at radius 3 is 2.83 bits per heavy atom. The van der Waals surface area contributed by atoms with Crippen LogP contribution in [0.25, 0.3) is 0 Å². The maximum absolute atomic E-state index is 12.3. The lowest BCUT2D eigenvalue weighted by atomic mass is 10.0. The zero-order valence-electron chi connectivity index (χ0n) is 11.3. The van der Waals surface area contributed by atoms with Gasteiger partial charge in [-0.15, -0.1) is 0 Å². The van der Waals surface area contributed by atoms with Gasteiger partial charge in [0.25, 0.3) is 0 Å². The monoisotopic (exact) mass is 265 g/mol. The second kappa shape index (κ2) is 6.48. The Hall–Kier alpha value is -0.670. The molecule has 1 saturated carbocycles. The molecular formula is C15H23NOS. The van der Waals surface area contributed by atoms with Gasteiger partial charge in [-0.05, 0) is 50.8 Å². The summed E-state index contributed by atoms with van der Waals surface area (Å²) in [6.45, 7) is 2.04. The van der Waals surface area contributed by atoms with E-state index in [1.54, 1.807) is 0 Å². The van der Waals surface area contributed by atoms with Crippen LogP contribution in [0, 0.1) is 12.8 Å². The molecule has 1 N–H and O–H groups in total. The fraction of sp³-hybridized carbons (Fsp3) is 0.600. The van der Waals surface area contributed by atoms with Gasteiger partial charge in [0, 0.05) is 16.7 Å². The number of aryl methyl sites for hydroxylation is 1. The van der Waals surface area contributed by atoms with E-state index in [1.807, 2.05) is 38.2 Å². The number of hydrogen-bond donors (Lipinski definition) is 1. The molecule has 0 bridgehead atoms. The van der Waals surface area contributed by atoms with Gasteiger partial charge in [0.15, 0.2) is 0 Å². The molecule has 0 radical (unpaired) electrons. The molecule has 0 spiro atoms. The van der Waals surface area contributed by atoms with Gasteiger partial charge in [-0.25, -0.2) is 0 Å². The molecule has 3 unspecified atom stereocenters. The van der Waals surface area contributed by atoms with Gasteiger partial charge in [0.1, 0.15) is 0 Å². The molecule has 3 atom stereocenters. The third-order valence-corrected chi connectivity index (χ3v) is 5.60. The van der Waals surface area contributed by atoms with Crippen LogP contribution in [0.1, 0.15) is 31.2 Å². The van der Waals surface area contributed by atoms with Gasteiger partial charge in [0.2, 0.25) is 0 Å². The van der Waals surface area contributed by atoms with Crippen LogP contribution in [0.15, 0.2) is 29.2 Å². The number of hydrogen-bond acceptors (Lipinski definition) is 2. The van der Waals surface area contributed by atoms with E-state index in [2.05, 4.69) is 5.32 Å². The van der Waals surface area contributed by atoms with Crippen molar-refractivity contribution in [3.8, 4) is 0 Å². The first-order chi connectivity index (χ1) is 8.72. The van der Waals surface area contributed by atoms with Crippen molar-refractivity contribution in [3.63, 3.8) is 0 Å². The molecule has 0 heterocycles. The lowest BCUT2D eigenvalue weighted by Gasteiger charge is -2.18. The summed E-state index contributed by atoms with van der Waals surface area (Å²) in [4.78, 5) is 1.01. The summed E-state index contributed by atoms with van der Waals surface area (Å²) in [5.74, 6) is 1.51. The van der Waals surface area contributed by atoms with E-state index in [4.69, 9.17) is 0 Å². The third kappa shape index (κ3) is 3.21. The maximum atomic E-state index is 12.3. The normalized spacial score (nSPS) is 25.2. The van der Waals surface area contributed by atoms with E-state index in [0.29, 0.717) is 12.0 Å². The van der Waals surface area contributed by atoms with Gasteiger partial charge in [-0.1, -0.05) is 24.6 Å². The minimum Gasteiger partial charge on any atom is -0.317 e. The quantitative estimate of drug-likeness (QED) is 0.887. The fourth-order valence-electron chi connectivity index (χ4n) is 2.94. The Morgan fingerprint density at radius 2 is 2.11 bits per heavy atom. The minimum absolute atomic E-state index is 0.638. The average molecular weight is 265 g/mol. The first-order valence-corrected chi connectivity index (χ1v) is 8.15. The standard InChI is InChI=1S/C15H23NOS/c1-12-6-3-4-9-15(12)18(17)11-10-13-7-5-8-14(13)16-2/h3-4,6,9,13-14,16H,5,7-8,10-11H2,1-2H3. The van der Waals surface area contributed by atoms with Gasteiger partial charge < -0.3 is 5.32 Å². The highest BCUT2D eigenvalue weighted by Crippen LogP contribution is 2.29. The Labute approximate surface area is 113 Å². The molecular weight excluding hydrogens is 242 g/mol. The van der Waals surface area contributed by atoms with Crippen LogP contribution in [-0.4, -0.2) is 23.1 Å². The zero-order chi connectivity index (χ0) is 13.0. The summed E-state index contributed by atoms with van der Waals surface area (Å²) in [5, 5.41) is 3.39. The molecule has 1 aromatic carbocycles. The van der Waals surface area contributed by atoms with E-state index < -0.39 is 10.8 Å². The molecule has 100 valence electrons. The summed E-state index contributed by atoms with van der Waals surface area (Å²) < 4.78 is 12.3. The molecule has 0 amide bonds. The van der Waals surface area contributed by atoms with Crippen LogP contribution in [0.2, 0.25) is 0 Å². The predicted molar refractivity (Wildman–Crippen MR) is 77.3 cm³/mol. The SMILES string of the molecule is CNC1CCCC1CCS(=O)c1ccccc1C. The van der Waals surface area contributed by atoms with Crippen LogP contribution >= 0.6 is 0 Å². The van der Waals surface area contributed by atoms with Crippen molar-refractivity contribution < 1.29 is 4.21 Å². The Morgan fingerprint density at radius 1 is 1.33 bits per heavy atom. The third-order valence-electron chi connectivity index (χ3n) is 4.04. The Bertz CT molecular complexity index is 419. The van der Waals surface area contributed by atoms with E-state index in [9.17, 15) is 4.21 Å². The van der Waals surface area contributed by atoms with E-state index in [-0.39, 0.29) is 0 Å². The number of benzene rings is 1. The van der Waals surface area contributed by atoms with E-state index in [0.717, 1.165) is 22.6 Å². The molecule has 1 aromatic rings. The largest absolute Gasteiger partial charge is 0.317 e. The summed E-state index contributed by atoms with van der Waals surface area (Å²) in [6, 6.07) is 8.66. The summed E-state index contributed by atoms with van der Waals surface area (Å²) >= 11 is 0. The second-order valence-corrected chi connectivity index (χ2v) is 6.73. The second-order valence-electron chi connectivity index (χ2n) is 5.19. The summed E-state index contributed by atoms with van der Waals surface area (Å²) in [6.07, 6.45) is 4.95. The van der Waals surface area contributed by atoms with Crippen molar-refractivity contribution >= 4 is 10.8 Å². The first-order valence-electron chi connectivity index (χ1n) is 6.83. The van der Waals surface area contributed by atoms with Gasteiger partial charge in [-0.2, -0.15) is 0 Å². The van der Waals surface area contributed by atoms with Crippen molar-refractivity contribution in [1.29, 1.82) is 0 Å². The van der Waals surface area contributed by atoms with Crippen molar-refractivity contribution in [2.24, 2.45) is 5.92 Å². The molecule has 18 heavy (non-hydrogen) atoms. The highest BCUT2D eigenvalue weighted by atomic mass is 32.2. The van der Waals surface area contributed by atoms with Crippen LogP contribution in [0.5, 0.6) is 0 Å². The minimum atomic E-state index is -0.836. The molecule has 1 aliphatic rings. The molecule has 3 heteroatoms. The van der Waals surface area contributed by atoms with Crippen LogP contribution in [0.3, 0.4) is 0 Å². The van der Waals surface area contributed by atoms with Crippen molar-refractivity contribution in [2.75, 3.05) is 12.8 Å².